The molecule has 6 heterocycles. The number of anilines is 3. The zero-order valence-corrected chi connectivity index (χ0v) is 32.8. The van der Waals surface area contributed by atoms with Gasteiger partial charge in [-0.25, -0.2) is 15.0 Å². The lowest BCUT2D eigenvalue weighted by Crippen LogP contribution is -2.32. The normalized spacial score (nSPS) is 14.2. The number of carbonyl (C=O) groups excluding carboxylic acids is 3. The van der Waals surface area contributed by atoms with Crippen LogP contribution in [-0.4, -0.2) is 91.3 Å². The van der Waals surface area contributed by atoms with E-state index in [9.17, 15) is 19.5 Å². The zero-order valence-electron chi connectivity index (χ0n) is 32.8. The topological polar surface area (TPSA) is 270 Å². The molecule has 1 aromatic carbocycles. The SMILES string of the molecule is CCn1nc(C)cc1C(O)Nc1nc2cc(C(N)=O)cc(CN3CCCOC3)c2n1C/C=C/Cn1c(NC(=O)c2c(N)c(C)nn2CC)nc2cc(C(N)=O)cnc21. The van der Waals surface area contributed by atoms with Gasteiger partial charge in [0.25, 0.3) is 5.91 Å². The number of hydrogen-bond donors (Lipinski definition) is 6. The molecule has 1 aliphatic heterocycles. The van der Waals surface area contributed by atoms with E-state index in [0.29, 0.717) is 72.6 Å². The van der Waals surface area contributed by atoms with Gasteiger partial charge in [-0.2, -0.15) is 10.2 Å². The number of aromatic nitrogens is 9. The fraction of sp³-hybridized carbons (Fsp3) is 0.368. The molecular weight excluding hydrogens is 747 g/mol. The Morgan fingerprint density at radius 3 is 2.33 bits per heavy atom. The number of allylic oxidation sites excluding steroid dienone is 2. The second-order valence-electron chi connectivity index (χ2n) is 14.0. The molecular formula is C38H47N15O5. The second-order valence-corrected chi connectivity index (χ2v) is 14.0. The van der Waals surface area contributed by atoms with Gasteiger partial charge in [0, 0.05) is 57.6 Å². The molecule has 1 aliphatic rings. The van der Waals surface area contributed by atoms with E-state index in [1.807, 2.05) is 37.5 Å². The van der Waals surface area contributed by atoms with Crippen LogP contribution in [0.5, 0.6) is 0 Å². The predicted octanol–water partition coefficient (Wildman–Crippen LogP) is 2.40. The highest BCUT2D eigenvalue weighted by molar-refractivity contribution is 6.06. The number of aliphatic hydroxyl groups is 1. The van der Waals surface area contributed by atoms with Gasteiger partial charge in [-0.3, -0.25) is 38.5 Å². The Labute approximate surface area is 332 Å². The van der Waals surface area contributed by atoms with Crippen molar-refractivity contribution in [1.82, 2.24) is 48.5 Å². The van der Waals surface area contributed by atoms with Gasteiger partial charge >= 0.3 is 0 Å². The van der Waals surface area contributed by atoms with Crippen molar-refractivity contribution in [3.05, 3.63) is 82.1 Å². The molecule has 3 amide bonds. The Morgan fingerprint density at radius 2 is 1.64 bits per heavy atom. The molecule has 304 valence electrons. The van der Waals surface area contributed by atoms with E-state index in [1.54, 1.807) is 34.4 Å². The lowest BCUT2D eigenvalue weighted by Gasteiger charge is -2.27. The molecule has 0 saturated carbocycles. The van der Waals surface area contributed by atoms with E-state index in [4.69, 9.17) is 26.9 Å². The second kappa shape index (κ2) is 16.5. The number of fused-ring (bicyclic) bond motifs is 2. The summed E-state index contributed by atoms with van der Waals surface area (Å²) in [5.74, 6) is -1.28. The Balaban J connectivity index is 1.26. The van der Waals surface area contributed by atoms with E-state index in [1.165, 1.54) is 16.9 Å². The van der Waals surface area contributed by atoms with Crippen LogP contribution in [0.4, 0.5) is 17.6 Å². The number of rotatable bonds is 15. The summed E-state index contributed by atoms with van der Waals surface area (Å²) in [5.41, 5.74) is 23.1. The minimum atomic E-state index is -1.17. The molecule has 20 heteroatoms. The first kappa shape index (κ1) is 39.6. The first-order chi connectivity index (χ1) is 27.9. The smallest absolute Gasteiger partial charge is 0.278 e. The van der Waals surface area contributed by atoms with Gasteiger partial charge in [-0.15, -0.1) is 0 Å². The van der Waals surface area contributed by atoms with Crippen LogP contribution in [-0.2, 0) is 37.5 Å². The summed E-state index contributed by atoms with van der Waals surface area (Å²) in [5, 5.41) is 26.3. The fourth-order valence-electron chi connectivity index (χ4n) is 7.15. The van der Waals surface area contributed by atoms with Crippen LogP contribution in [0.1, 0.15) is 80.3 Å². The summed E-state index contributed by atoms with van der Waals surface area (Å²) in [6.45, 7) is 11.1. The lowest BCUT2D eigenvalue weighted by molar-refractivity contribution is -0.0175. The van der Waals surface area contributed by atoms with Crippen molar-refractivity contribution < 1.29 is 24.2 Å². The average molecular weight is 794 g/mol. The summed E-state index contributed by atoms with van der Waals surface area (Å²) in [7, 11) is 0. The number of hydrogen-bond acceptors (Lipinski definition) is 13. The van der Waals surface area contributed by atoms with E-state index in [-0.39, 0.29) is 36.0 Å². The van der Waals surface area contributed by atoms with Crippen molar-refractivity contribution in [2.75, 3.05) is 36.2 Å². The van der Waals surface area contributed by atoms with Crippen molar-refractivity contribution >= 4 is 57.5 Å². The van der Waals surface area contributed by atoms with Crippen LogP contribution in [0.15, 0.2) is 42.6 Å². The third kappa shape index (κ3) is 7.84. The summed E-state index contributed by atoms with van der Waals surface area (Å²) in [6.07, 6.45) is 4.82. The number of carbonyl (C=O) groups is 3. The molecule has 1 saturated heterocycles. The van der Waals surface area contributed by atoms with Crippen molar-refractivity contribution in [2.24, 2.45) is 11.5 Å². The van der Waals surface area contributed by atoms with Crippen LogP contribution in [0.3, 0.4) is 0 Å². The van der Waals surface area contributed by atoms with Crippen molar-refractivity contribution in [1.29, 1.82) is 0 Å². The van der Waals surface area contributed by atoms with Crippen LogP contribution < -0.4 is 27.8 Å². The number of nitrogens with two attached hydrogens (primary N) is 3. The Bertz CT molecular complexity index is 2560. The molecule has 6 aromatic rings. The average Bonchev–Trinajstić information content (AvgIpc) is 3.94. The molecule has 0 aliphatic carbocycles. The first-order valence-electron chi connectivity index (χ1n) is 18.9. The monoisotopic (exact) mass is 793 g/mol. The number of nitrogens with zero attached hydrogens (tertiary/aromatic N) is 10. The van der Waals surface area contributed by atoms with E-state index < -0.39 is 23.9 Å². The highest BCUT2D eigenvalue weighted by Gasteiger charge is 2.25. The van der Waals surface area contributed by atoms with Gasteiger partial charge in [0.2, 0.25) is 23.7 Å². The fourth-order valence-corrected chi connectivity index (χ4v) is 7.15. The molecule has 7 rings (SSSR count). The minimum absolute atomic E-state index is 0.158. The number of primary amides is 2. The molecule has 58 heavy (non-hydrogen) atoms. The van der Waals surface area contributed by atoms with Gasteiger partial charge in [0.05, 0.1) is 46.1 Å². The third-order valence-electron chi connectivity index (χ3n) is 9.94. The van der Waals surface area contributed by atoms with Crippen molar-refractivity contribution in [2.45, 2.75) is 73.1 Å². The summed E-state index contributed by atoms with van der Waals surface area (Å²) >= 11 is 0. The maximum atomic E-state index is 13.7. The molecule has 9 N–H and O–H groups in total. The number of nitrogens with one attached hydrogen (secondary N) is 2. The number of aliphatic hydroxyl groups excluding tert-OH is 1. The molecule has 1 unspecified atom stereocenters. The summed E-state index contributed by atoms with van der Waals surface area (Å²) < 4.78 is 12.6. The van der Waals surface area contributed by atoms with Crippen LogP contribution in [0.25, 0.3) is 22.2 Å². The van der Waals surface area contributed by atoms with Gasteiger partial charge in [0.1, 0.15) is 11.2 Å². The Morgan fingerprint density at radius 1 is 0.931 bits per heavy atom. The number of benzene rings is 1. The van der Waals surface area contributed by atoms with Gasteiger partial charge in [0.15, 0.2) is 11.9 Å². The quantitative estimate of drug-likeness (QED) is 0.0645. The maximum Gasteiger partial charge on any atom is 0.278 e. The van der Waals surface area contributed by atoms with Gasteiger partial charge in [-0.1, -0.05) is 12.2 Å². The van der Waals surface area contributed by atoms with Crippen LogP contribution >= 0.6 is 0 Å². The number of nitrogen functional groups attached to an aromatic ring is 1. The van der Waals surface area contributed by atoms with Gasteiger partial charge in [-0.05, 0) is 63.9 Å². The molecule has 0 radical (unpaired) electrons. The third-order valence-corrected chi connectivity index (χ3v) is 9.94. The molecule has 0 spiro atoms. The summed E-state index contributed by atoms with van der Waals surface area (Å²) in [4.78, 5) is 54.2. The predicted molar refractivity (Wildman–Crippen MR) is 216 cm³/mol. The first-order valence-corrected chi connectivity index (χ1v) is 18.9. The molecule has 5 aromatic heterocycles. The Kier molecular flexibility index (Phi) is 11.2. The standard InChI is InChI=1S/C38H47N15O5/c1-5-52-28(14-21(3)47-52)35(56)45-37-43-26-16-23(32(40)54)15-25(19-49-10-9-13-58-20-49)30(26)50(37)11-7-8-12-51-34-27(17-24(18-42-34)33(41)55)44-38(51)46-36(57)31-29(39)22(4)48-53(31)6-2/h7-8,14-18,35,56H,5-6,9-13,19-20,39H2,1-4H3,(H2,40,54)(H2,41,55)(H,43,45)(H,44,46,57)/b8-7+. The maximum absolute atomic E-state index is 13.7. The molecule has 20 nitrogen and oxygen atoms in total. The zero-order chi connectivity index (χ0) is 41.2. The van der Waals surface area contributed by atoms with E-state index in [0.717, 1.165) is 29.7 Å². The van der Waals surface area contributed by atoms with E-state index in [2.05, 4.69) is 35.7 Å². The van der Waals surface area contributed by atoms with Crippen LogP contribution in [0, 0.1) is 13.8 Å². The highest BCUT2D eigenvalue weighted by atomic mass is 16.5. The Hall–Kier alpha value is -6.64. The van der Waals surface area contributed by atoms with Crippen LogP contribution in [0.2, 0.25) is 0 Å². The van der Waals surface area contributed by atoms with Gasteiger partial charge < -0.3 is 36.9 Å². The lowest BCUT2D eigenvalue weighted by atomic mass is 10.1. The number of imidazole rings is 2. The summed E-state index contributed by atoms with van der Waals surface area (Å²) in [6, 6.07) is 6.73. The number of ether oxygens (including phenoxy) is 1. The number of amides is 3. The molecule has 0 bridgehead atoms. The number of pyridine rings is 1. The number of aryl methyl sites for hydroxylation is 4. The molecule has 1 atom stereocenters. The largest absolute Gasteiger partial charge is 0.395 e. The van der Waals surface area contributed by atoms with Crippen molar-refractivity contribution in [3.63, 3.8) is 0 Å². The van der Waals surface area contributed by atoms with Crippen molar-refractivity contribution in [3.8, 4) is 0 Å². The molecule has 1 fully saturated rings. The van der Waals surface area contributed by atoms with E-state index >= 15 is 0 Å². The highest BCUT2D eigenvalue weighted by Crippen LogP contribution is 2.30. The minimum Gasteiger partial charge on any atom is -0.395 e.